The smallest absolute Gasteiger partial charge is 0.240 e. The van der Waals surface area contributed by atoms with Crippen LogP contribution in [0.4, 0.5) is 4.39 Å². The van der Waals surface area contributed by atoms with E-state index in [1.165, 1.54) is 63.6 Å². The van der Waals surface area contributed by atoms with E-state index in [9.17, 15) is 8.96 Å². The standard InChI is InChI=1S/C19H25FN2O.C10H15O3P.C3H6/c1-13(2)22-12-18(19(20)21-22)16-10-9-15(23-3)11-17(16)14-7-5-4-6-8-14;1-13-10-5-3-4-9(8-10)6-7-14(2,11)12;1-2-3-1/h9-14H,4-8H2,1-3H3;3-5,8H,6-7H2,1-2H3,(H,11,12);1-3H2. The van der Waals surface area contributed by atoms with E-state index < -0.39 is 7.37 Å². The molecular formula is C32H46FN2O4P. The Balaban J connectivity index is 0.000000219. The third kappa shape index (κ3) is 10.4. The van der Waals surface area contributed by atoms with Gasteiger partial charge in [-0.05, 0) is 80.0 Å². The van der Waals surface area contributed by atoms with Crippen molar-refractivity contribution in [3.63, 3.8) is 0 Å². The molecule has 0 bridgehead atoms. The Morgan fingerprint density at radius 1 is 0.975 bits per heavy atom. The number of benzene rings is 2. The van der Waals surface area contributed by atoms with Gasteiger partial charge in [0, 0.05) is 25.1 Å². The molecule has 2 fully saturated rings. The van der Waals surface area contributed by atoms with E-state index in [1.807, 2.05) is 56.4 Å². The fraction of sp³-hybridized carbons (Fsp3) is 0.531. The van der Waals surface area contributed by atoms with Gasteiger partial charge in [0.2, 0.25) is 5.95 Å². The van der Waals surface area contributed by atoms with Crippen molar-refractivity contribution >= 4 is 7.37 Å². The molecule has 3 aromatic rings. The third-order valence-corrected chi connectivity index (χ3v) is 8.17. The highest BCUT2D eigenvalue weighted by molar-refractivity contribution is 7.57. The molecule has 1 atom stereocenters. The monoisotopic (exact) mass is 572 g/mol. The number of hydrogen-bond acceptors (Lipinski definition) is 4. The summed E-state index contributed by atoms with van der Waals surface area (Å²) < 4.78 is 37.6. The average Bonchev–Trinajstić information content (AvgIpc) is 3.79. The maximum absolute atomic E-state index is 14.4. The predicted octanol–water partition coefficient (Wildman–Crippen LogP) is 8.63. The lowest BCUT2D eigenvalue weighted by molar-refractivity contribution is 0.410. The van der Waals surface area contributed by atoms with Gasteiger partial charge in [0.25, 0.3) is 0 Å². The first-order valence-corrected chi connectivity index (χ1v) is 16.8. The van der Waals surface area contributed by atoms with Crippen molar-refractivity contribution in [2.75, 3.05) is 27.0 Å². The molecule has 2 aliphatic rings. The summed E-state index contributed by atoms with van der Waals surface area (Å²) >= 11 is 0. The van der Waals surface area contributed by atoms with Crippen LogP contribution in [0.5, 0.6) is 11.5 Å². The molecule has 1 N–H and O–H groups in total. The van der Waals surface area contributed by atoms with Crippen LogP contribution in [0.25, 0.3) is 11.1 Å². The summed E-state index contributed by atoms with van der Waals surface area (Å²) in [6.07, 6.45) is 13.4. The molecular weight excluding hydrogens is 526 g/mol. The summed E-state index contributed by atoms with van der Waals surface area (Å²) in [5.41, 5.74) is 3.79. The first-order valence-electron chi connectivity index (χ1n) is 14.5. The minimum absolute atomic E-state index is 0.148. The van der Waals surface area contributed by atoms with Gasteiger partial charge < -0.3 is 14.4 Å². The van der Waals surface area contributed by atoms with E-state index in [2.05, 4.69) is 11.2 Å². The van der Waals surface area contributed by atoms with Gasteiger partial charge in [-0.3, -0.25) is 9.25 Å². The zero-order valence-corrected chi connectivity index (χ0v) is 25.6. The number of rotatable bonds is 8. The highest BCUT2D eigenvalue weighted by Crippen LogP contribution is 2.40. The molecule has 220 valence electrons. The van der Waals surface area contributed by atoms with Gasteiger partial charge in [0.1, 0.15) is 11.5 Å². The zero-order valence-electron chi connectivity index (χ0n) is 24.7. The minimum atomic E-state index is -2.90. The van der Waals surface area contributed by atoms with Crippen molar-refractivity contribution in [2.24, 2.45) is 0 Å². The van der Waals surface area contributed by atoms with Crippen molar-refractivity contribution < 1.29 is 23.3 Å². The van der Waals surface area contributed by atoms with Crippen LogP contribution in [-0.4, -0.2) is 41.7 Å². The molecule has 1 heterocycles. The molecule has 1 unspecified atom stereocenters. The predicted molar refractivity (Wildman–Crippen MR) is 162 cm³/mol. The largest absolute Gasteiger partial charge is 0.497 e. The quantitative estimate of drug-likeness (QED) is 0.274. The van der Waals surface area contributed by atoms with Gasteiger partial charge in [-0.15, -0.1) is 5.10 Å². The maximum Gasteiger partial charge on any atom is 0.240 e. The van der Waals surface area contributed by atoms with E-state index in [0.29, 0.717) is 24.1 Å². The fourth-order valence-electron chi connectivity index (χ4n) is 4.64. The Labute approximate surface area is 239 Å². The number of methoxy groups -OCH3 is 2. The average molecular weight is 573 g/mol. The molecule has 6 nitrogen and oxygen atoms in total. The van der Waals surface area contributed by atoms with Crippen LogP contribution in [-0.2, 0) is 11.0 Å². The summed E-state index contributed by atoms with van der Waals surface area (Å²) in [7, 11) is 0.389. The molecule has 0 radical (unpaired) electrons. The van der Waals surface area contributed by atoms with Crippen molar-refractivity contribution in [2.45, 2.75) is 83.6 Å². The molecule has 0 spiro atoms. The van der Waals surface area contributed by atoms with Gasteiger partial charge >= 0.3 is 0 Å². The lowest BCUT2D eigenvalue weighted by atomic mass is 9.81. The second-order valence-electron chi connectivity index (χ2n) is 11.1. The van der Waals surface area contributed by atoms with Gasteiger partial charge in [-0.2, -0.15) is 4.39 Å². The molecule has 0 aliphatic heterocycles. The van der Waals surface area contributed by atoms with Crippen molar-refractivity contribution in [1.29, 1.82) is 0 Å². The lowest BCUT2D eigenvalue weighted by Crippen LogP contribution is -2.06. The van der Waals surface area contributed by atoms with Crippen LogP contribution in [0.2, 0.25) is 0 Å². The lowest BCUT2D eigenvalue weighted by Gasteiger charge is -2.24. The van der Waals surface area contributed by atoms with Gasteiger partial charge in [-0.1, -0.05) is 56.7 Å². The van der Waals surface area contributed by atoms with Crippen LogP contribution < -0.4 is 9.47 Å². The van der Waals surface area contributed by atoms with Gasteiger partial charge in [0.05, 0.1) is 19.8 Å². The second kappa shape index (κ2) is 15.4. The minimum Gasteiger partial charge on any atom is -0.497 e. The first kappa shape index (κ1) is 31.9. The topological polar surface area (TPSA) is 73.6 Å². The van der Waals surface area contributed by atoms with E-state index in [4.69, 9.17) is 14.4 Å². The number of aryl methyl sites for hydroxylation is 1. The van der Waals surface area contributed by atoms with Crippen molar-refractivity contribution in [3.05, 3.63) is 65.7 Å². The zero-order chi connectivity index (χ0) is 29.1. The molecule has 0 amide bonds. The number of halogens is 1. The molecule has 40 heavy (non-hydrogen) atoms. The normalized spacial score (nSPS) is 16.2. The van der Waals surface area contributed by atoms with E-state index in [1.54, 1.807) is 18.9 Å². The van der Waals surface area contributed by atoms with E-state index in [-0.39, 0.29) is 12.0 Å². The molecule has 5 rings (SSSR count). The third-order valence-electron chi connectivity index (χ3n) is 7.11. The van der Waals surface area contributed by atoms with Crippen LogP contribution in [0.15, 0.2) is 48.7 Å². The van der Waals surface area contributed by atoms with Crippen LogP contribution in [0, 0.1) is 5.95 Å². The summed E-state index contributed by atoms with van der Waals surface area (Å²) in [6, 6.07) is 13.7. The Kier molecular flexibility index (Phi) is 12.3. The van der Waals surface area contributed by atoms with Gasteiger partial charge in [0.15, 0.2) is 7.37 Å². The molecule has 2 aromatic carbocycles. The Morgan fingerprint density at radius 3 is 2.15 bits per heavy atom. The second-order valence-corrected chi connectivity index (χ2v) is 13.7. The number of aromatic nitrogens is 2. The summed E-state index contributed by atoms with van der Waals surface area (Å²) in [6.45, 7) is 5.39. The Bertz CT molecular complexity index is 1240. The molecule has 2 saturated carbocycles. The van der Waals surface area contributed by atoms with Crippen LogP contribution in [0.1, 0.15) is 88.3 Å². The summed E-state index contributed by atoms with van der Waals surface area (Å²) in [5, 5.41) is 4.03. The molecule has 8 heteroatoms. The van der Waals surface area contributed by atoms with Crippen LogP contribution >= 0.6 is 7.37 Å². The number of ether oxygens (including phenoxy) is 2. The number of hydrogen-bond donors (Lipinski definition) is 1. The number of nitrogens with zero attached hydrogens (tertiary/aromatic N) is 2. The summed E-state index contributed by atoms with van der Waals surface area (Å²) in [5.74, 6) is 1.72. The first-order chi connectivity index (χ1) is 19.1. The summed E-state index contributed by atoms with van der Waals surface area (Å²) in [4.78, 5) is 9.13. The van der Waals surface area contributed by atoms with Gasteiger partial charge in [-0.25, -0.2) is 0 Å². The molecule has 2 aliphatic carbocycles. The van der Waals surface area contributed by atoms with E-state index >= 15 is 0 Å². The Hall–Kier alpha value is -2.63. The highest BCUT2D eigenvalue weighted by atomic mass is 31.2. The van der Waals surface area contributed by atoms with Crippen LogP contribution in [0.3, 0.4) is 0 Å². The highest BCUT2D eigenvalue weighted by Gasteiger charge is 2.23. The SMILES string of the molecule is C1CC1.COc1ccc(-c2cn(C(C)C)nc2F)c(C2CCCCC2)c1.COc1cccc(CCP(C)(=O)O)c1. The Morgan fingerprint density at radius 2 is 1.60 bits per heavy atom. The molecule has 0 saturated heterocycles. The van der Waals surface area contributed by atoms with Crippen molar-refractivity contribution in [1.82, 2.24) is 9.78 Å². The van der Waals surface area contributed by atoms with Crippen molar-refractivity contribution in [3.8, 4) is 22.6 Å². The molecule has 1 aromatic heterocycles. The van der Waals surface area contributed by atoms with E-state index in [0.717, 1.165) is 22.6 Å². The maximum atomic E-state index is 14.4. The fourth-order valence-corrected chi connectivity index (χ4v) is 5.32.